The van der Waals surface area contributed by atoms with Crippen LogP contribution in [0.25, 0.3) is 11.1 Å². The van der Waals surface area contributed by atoms with Crippen LogP contribution in [-0.2, 0) is 4.79 Å². The van der Waals surface area contributed by atoms with Crippen molar-refractivity contribution in [2.24, 2.45) is 5.92 Å². The zero-order chi connectivity index (χ0) is 21.8. The van der Waals surface area contributed by atoms with E-state index in [0.717, 1.165) is 11.1 Å². The molecule has 6 heteroatoms. The second-order valence-electron chi connectivity index (χ2n) is 7.68. The molecule has 158 valence electrons. The fourth-order valence-corrected chi connectivity index (χ4v) is 3.84. The average molecular weight is 420 g/mol. The van der Waals surface area contributed by atoms with Crippen LogP contribution in [0.2, 0.25) is 0 Å². The van der Waals surface area contributed by atoms with Crippen molar-refractivity contribution < 1.29 is 18.4 Å². The Morgan fingerprint density at radius 1 is 0.871 bits per heavy atom. The van der Waals surface area contributed by atoms with Gasteiger partial charge in [0.25, 0.3) is 5.91 Å². The zero-order valence-corrected chi connectivity index (χ0v) is 16.9. The largest absolute Gasteiger partial charge is 0.338 e. The lowest BCUT2D eigenvalue weighted by atomic mass is 9.96. The third kappa shape index (κ3) is 4.97. The molecule has 4 rings (SSSR count). The summed E-state index contributed by atoms with van der Waals surface area (Å²) in [7, 11) is 0. The van der Waals surface area contributed by atoms with Gasteiger partial charge in [0.05, 0.1) is 5.92 Å². The van der Waals surface area contributed by atoms with E-state index in [1.807, 2.05) is 18.2 Å². The molecule has 1 aliphatic rings. The quantitative estimate of drug-likeness (QED) is 0.637. The van der Waals surface area contributed by atoms with E-state index in [9.17, 15) is 18.4 Å². The van der Waals surface area contributed by atoms with Crippen molar-refractivity contribution >= 4 is 17.5 Å². The molecule has 1 N–H and O–H groups in total. The van der Waals surface area contributed by atoms with E-state index in [4.69, 9.17) is 0 Å². The number of benzene rings is 3. The fourth-order valence-electron chi connectivity index (χ4n) is 3.84. The SMILES string of the molecule is O=C(Nc1cccc(-c2ccc(F)cc2)c1)C1CCCN(C(=O)c2cccc(F)c2)C1. The molecule has 0 aliphatic carbocycles. The Morgan fingerprint density at radius 2 is 1.65 bits per heavy atom. The predicted octanol–water partition coefficient (Wildman–Crippen LogP) is 5.12. The topological polar surface area (TPSA) is 49.4 Å². The summed E-state index contributed by atoms with van der Waals surface area (Å²) in [5.41, 5.74) is 2.64. The second kappa shape index (κ2) is 9.08. The number of halogens is 2. The highest BCUT2D eigenvalue weighted by molar-refractivity contribution is 5.96. The number of amides is 2. The first kappa shape index (κ1) is 20.7. The number of nitrogens with one attached hydrogen (secondary N) is 1. The molecule has 0 aromatic heterocycles. The number of likely N-dealkylation sites (tertiary alicyclic amines) is 1. The van der Waals surface area contributed by atoms with Crippen molar-refractivity contribution in [3.05, 3.63) is 90.0 Å². The summed E-state index contributed by atoms with van der Waals surface area (Å²) >= 11 is 0. The van der Waals surface area contributed by atoms with Gasteiger partial charge >= 0.3 is 0 Å². The molecule has 31 heavy (non-hydrogen) atoms. The number of anilines is 1. The van der Waals surface area contributed by atoms with E-state index >= 15 is 0 Å². The lowest BCUT2D eigenvalue weighted by Gasteiger charge is -2.32. The highest BCUT2D eigenvalue weighted by Crippen LogP contribution is 2.25. The highest BCUT2D eigenvalue weighted by Gasteiger charge is 2.29. The molecular weight excluding hydrogens is 398 g/mol. The molecule has 3 aromatic rings. The number of hydrogen-bond donors (Lipinski definition) is 1. The van der Waals surface area contributed by atoms with Crippen LogP contribution in [0.4, 0.5) is 14.5 Å². The lowest BCUT2D eigenvalue weighted by molar-refractivity contribution is -0.121. The minimum Gasteiger partial charge on any atom is -0.338 e. The Hall–Kier alpha value is -3.54. The standard InChI is InChI=1S/C25H22F2N2O2/c26-21-11-9-17(10-12-21)18-4-2-8-23(15-18)28-24(30)20-6-3-13-29(16-20)25(31)19-5-1-7-22(27)14-19/h1-2,4-5,7-12,14-15,20H,3,6,13,16H2,(H,28,30). The van der Waals surface area contributed by atoms with Crippen LogP contribution in [0.15, 0.2) is 72.8 Å². The van der Waals surface area contributed by atoms with Crippen molar-refractivity contribution in [2.45, 2.75) is 12.8 Å². The van der Waals surface area contributed by atoms with Crippen LogP contribution in [0.1, 0.15) is 23.2 Å². The Balaban J connectivity index is 1.43. The molecule has 0 spiro atoms. The van der Waals surface area contributed by atoms with Gasteiger partial charge in [-0.2, -0.15) is 0 Å². The number of carbonyl (C=O) groups excluding carboxylic acids is 2. The number of piperidine rings is 1. The molecule has 1 unspecified atom stereocenters. The normalized spacial score (nSPS) is 16.1. The number of nitrogens with zero attached hydrogens (tertiary/aromatic N) is 1. The third-order valence-electron chi connectivity index (χ3n) is 5.46. The van der Waals surface area contributed by atoms with Crippen LogP contribution in [0, 0.1) is 17.6 Å². The van der Waals surface area contributed by atoms with Gasteiger partial charge < -0.3 is 10.2 Å². The summed E-state index contributed by atoms with van der Waals surface area (Å²) in [5.74, 6) is -1.54. The van der Waals surface area contributed by atoms with E-state index < -0.39 is 5.82 Å². The molecule has 0 saturated carbocycles. The van der Waals surface area contributed by atoms with E-state index in [-0.39, 0.29) is 29.1 Å². The van der Waals surface area contributed by atoms with Crippen LogP contribution >= 0.6 is 0 Å². The Kier molecular flexibility index (Phi) is 6.07. The maximum Gasteiger partial charge on any atom is 0.253 e. The second-order valence-corrected chi connectivity index (χ2v) is 7.68. The monoisotopic (exact) mass is 420 g/mol. The van der Waals surface area contributed by atoms with E-state index in [2.05, 4.69) is 5.32 Å². The first-order valence-corrected chi connectivity index (χ1v) is 10.2. The lowest BCUT2D eigenvalue weighted by Crippen LogP contribution is -2.43. The van der Waals surface area contributed by atoms with Crippen molar-refractivity contribution in [1.29, 1.82) is 0 Å². The maximum atomic E-state index is 13.5. The van der Waals surface area contributed by atoms with Gasteiger partial charge in [-0.25, -0.2) is 8.78 Å². The molecule has 2 amide bonds. The predicted molar refractivity (Wildman–Crippen MR) is 115 cm³/mol. The Morgan fingerprint density at radius 3 is 2.42 bits per heavy atom. The first-order valence-electron chi connectivity index (χ1n) is 10.2. The average Bonchev–Trinajstić information content (AvgIpc) is 2.79. The summed E-state index contributed by atoms with van der Waals surface area (Å²) in [4.78, 5) is 27.2. The number of hydrogen-bond acceptors (Lipinski definition) is 2. The fraction of sp³-hybridized carbons (Fsp3) is 0.200. The van der Waals surface area contributed by atoms with Crippen molar-refractivity contribution in [3.8, 4) is 11.1 Å². The molecule has 1 heterocycles. The van der Waals surface area contributed by atoms with Crippen LogP contribution in [0.3, 0.4) is 0 Å². The van der Waals surface area contributed by atoms with Gasteiger partial charge in [-0.1, -0.05) is 30.3 Å². The molecule has 1 atom stereocenters. The maximum absolute atomic E-state index is 13.5. The van der Waals surface area contributed by atoms with Gasteiger partial charge in [0.15, 0.2) is 0 Å². The Labute approximate surface area is 179 Å². The first-order chi connectivity index (χ1) is 15.0. The van der Waals surface area contributed by atoms with Gasteiger partial charge in [0.2, 0.25) is 5.91 Å². The highest BCUT2D eigenvalue weighted by atomic mass is 19.1. The summed E-state index contributed by atoms with van der Waals surface area (Å²) in [6.07, 6.45) is 1.38. The van der Waals surface area contributed by atoms with Gasteiger partial charge in [-0.3, -0.25) is 9.59 Å². The molecular formula is C25H22F2N2O2. The summed E-state index contributed by atoms with van der Waals surface area (Å²) < 4.78 is 26.6. The minimum atomic E-state index is -0.460. The van der Waals surface area contributed by atoms with Gasteiger partial charge in [0, 0.05) is 24.3 Å². The molecule has 1 fully saturated rings. The molecule has 1 saturated heterocycles. The summed E-state index contributed by atoms with van der Waals surface area (Å²) in [6.45, 7) is 0.831. The van der Waals surface area contributed by atoms with Crippen LogP contribution in [0.5, 0.6) is 0 Å². The Bertz CT molecular complexity index is 1100. The smallest absolute Gasteiger partial charge is 0.253 e. The number of carbonyl (C=O) groups is 2. The van der Waals surface area contributed by atoms with E-state index in [1.165, 1.54) is 30.3 Å². The zero-order valence-electron chi connectivity index (χ0n) is 16.9. The van der Waals surface area contributed by atoms with Gasteiger partial charge in [0.1, 0.15) is 11.6 Å². The molecule has 0 radical (unpaired) electrons. The third-order valence-corrected chi connectivity index (χ3v) is 5.46. The van der Waals surface area contributed by atoms with E-state index in [1.54, 1.807) is 29.2 Å². The summed E-state index contributed by atoms with van der Waals surface area (Å²) in [5, 5.41) is 2.93. The number of rotatable bonds is 4. The van der Waals surface area contributed by atoms with Crippen molar-refractivity contribution in [3.63, 3.8) is 0 Å². The minimum absolute atomic E-state index is 0.159. The molecule has 4 nitrogen and oxygen atoms in total. The molecule has 3 aromatic carbocycles. The van der Waals surface area contributed by atoms with Gasteiger partial charge in [-0.15, -0.1) is 0 Å². The van der Waals surface area contributed by atoms with E-state index in [0.29, 0.717) is 31.6 Å². The molecule has 1 aliphatic heterocycles. The molecule has 0 bridgehead atoms. The summed E-state index contributed by atoms with van der Waals surface area (Å²) in [6, 6.07) is 19.1. The van der Waals surface area contributed by atoms with Gasteiger partial charge in [-0.05, 0) is 66.4 Å². The van der Waals surface area contributed by atoms with Crippen molar-refractivity contribution in [1.82, 2.24) is 4.90 Å². The van der Waals surface area contributed by atoms with Crippen molar-refractivity contribution in [2.75, 3.05) is 18.4 Å². The van der Waals surface area contributed by atoms with Crippen LogP contribution in [-0.4, -0.2) is 29.8 Å². The van der Waals surface area contributed by atoms with Crippen LogP contribution < -0.4 is 5.32 Å².